The highest BCUT2D eigenvalue weighted by molar-refractivity contribution is 6.74. The van der Waals surface area contributed by atoms with E-state index in [1.807, 2.05) is 121 Å². The molecule has 4 aromatic rings. The molecule has 5 rings (SSSR count). The Morgan fingerprint density at radius 1 is 0.812 bits per heavy atom. The number of hydrogen-bond donors (Lipinski definition) is 1. The van der Waals surface area contributed by atoms with Gasteiger partial charge in [-0.25, -0.2) is 9.59 Å². The summed E-state index contributed by atoms with van der Waals surface area (Å²) in [4.78, 5) is 30.5. The van der Waals surface area contributed by atoms with Crippen molar-refractivity contribution in [3.8, 4) is 0 Å². The molecule has 252 valence electrons. The lowest BCUT2D eigenvalue weighted by molar-refractivity contribution is -0.175. The Morgan fingerprint density at radius 3 is 1.90 bits per heavy atom. The molecule has 0 saturated carbocycles. The minimum Gasteiger partial charge on any atom is -0.453 e. The van der Waals surface area contributed by atoms with E-state index in [2.05, 4.69) is 39.2 Å². The predicted octanol–water partition coefficient (Wildman–Crippen LogP) is 8.60. The number of nitrogens with zero attached hydrogens (tertiary/aromatic N) is 1. The predicted molar refractivity (Wildman–Crippen MR) is 192 cm³/mol. The van der Waals surface area contributed by atoms with E-state index in [9.17, 15) is 9.59 Å². The van der Waals surface area contributed by atoms with Gasteiger partial charge in [-0.3, -0.25) is 4.90 Å². The first-order valence-electron chi connectivity index (χ1n) is 16.8. The quantitative estimate of drug-likeness (QED) is 0.121. The van der Waals surface area contributed by atoms with Crippen molar-refractivity contribution in [3.63, 3.8) is 0 Å². The Kier molecular flexibility index (Phi) is 11.5. The highest BCUT2D eigenvalue weighted by Gasteiger charge is 2.51. The lowest BCUT2D eigenvalue weighted by Crippen LogP contribution is -2.62. The molecule has 1 unspecified atom stereocenters. The Bertz CT molecular complexity index is 1600. The van der Waals surface area contributed by atoms with Crippen LogP contribution < -0.4 is 5.32 Å². The van der Waals surface area contributed by atoms with E-state index in [0.29, 0.717) is 19.6 Å². The van der Waals surface area contributed by atoms with E-state index in [-0.39, 0.29) is 11.6 Å². The van der Waals surface area contributed by atoms with Crippen LogP contribution in [0.25, 0.3) is 0 Å². The average Bonchev–Trinajstić information content (AvgIpc) is 3.09. The number of rotatable bonds is 12. The molecule has 1 aliphatic heterocycles. The minimum absolute atomic E-state index is 0.0261. The Morgan fingerprint density at radius 2 is 1.33 bits per heavy atom. The Hall–Kier alpha value is -4.24. The van der Waals surface area contributed by atoms with Crippen molar-refractivity contribution in [2.75, 3.05) is 6.61 Å². The highest BCUT2D eigenvalue weighted by Crippen LogP contribution is 2.44. The summed E-state index contributed by atoms with van der Waals surface area (Å²) in [6.45, 7) is 12.1. The van der Waals surface area contributed by atoms with Gasteiger partial charge in [-0.1, -0.05) is 142 Å². The summed E-state index contributed by atoms with van der Waals surface area (Å²) in [6, 6.07) is 36.9. The van der Waals surface area contributed by atoms with E-state index in [4.69, 9.17) is 13.9 Å². The third kappa shape index (κ3) is 8.61. The van der Waals surface area contributed by atoms with Crippen molar-refractivity contribution < 1.29 is 23.5 Å². The third-order valence-electron chi connectivity index (χ3n) is 9.55. The van der Waals surface area contributed by atoms with Crippen molar-refractivity contribution in [3.05, 3.63) is 144 Å². The zero-order valence-corrected chi connectivity index (χ0v) is 29.7. The lowest BCUT2D eigenvalue weighted by atomic mass is 9.89. The first kappa shape index (κ1) is 35.1. The van der Waals surface area contributed by atoms with Crippen LogP contribution in [0.3, 0.4) is 0 Å². The van der Waals surface area contributed by atoms with Crippen LogP contribution in [-0.2, 0) is 31.8 Å². The molecule has 4 aromatic carbocycles. The largest absolute Gasteiger partial charge is 0.453 e. The molecule has 0 aromatic heterocycles. The fourth-order valence-corrected chi connectivity index (χ4v) is 6.88. The van der Waals surface area contributed by atoms with Gasteiger partial charge in [0.25, 0.3) is 0 Å². The van der Waals surface area contributed by atoms with Gasteiger partial charge in [0.15, 0.2) is 14.4 Å². The van der Waals surface area contributed by atoms with Crippen molar-refractivity contribution in [1.29, 1.82) is 0 Å². The van der Waals surface area contributed by atoms with Crippen LogP contribution in [-0.4, -0.2) is 44.0 Å². The van der Waals surface area contributed by atoms with Crippen LogP contribution in [0.5, 0.6) is 0 Å². The number of hydrogen-bond acceptors (Lipinski definition) is 6. The van der Waals surface area contributed by atoms with Gasteiger partial charge in [0.05, 0.1) is 0 Å². The summed E-state index contributed by atoms with van der Waals surface area (Å²) in [5, 5.41) is 3.66. The molecule has 1 aliphatic rings. The summed E-state index contributed by atoms with van der Waals surface area (Å²) in [5.74, 6) is -0.481. The highest BCUT2D eigenvalue weighted by atomic mass is 28.4. The molecular weight excluding hydrogens is 617 g/mol. The number of benzene rings is 4. The number of esters is 1. The van der Waals surface area contributed by atoms with E-state index in [1.165, 1.54) is 0 Å². The van der Waals surface area contributed by atoms with E-state index in [0.717, 1.165) is 22.3 Å². The van der Waals surface area contributed by atoms with Crippen molar-refractivity contribution in [2.24, 2.45) is 0 Å². The molecule has 1 saturated heterocycles. The molecule has 0 spiro atoms. The molecule has 1 heterocycles. The number of carbonyl (C=O) groups excluding carboxylic acids is 2. The van der Waals surface area contributed by atoms with E-state index >= 15 is 0 Å². The molecule has 48 heavy (non-hydrogen) atoms. The van der Waals surface area contributed by atoms with Crippen LogP contribution in [0.2, 0.25) is 18.1 Å². The molecule has 1 N–H and O–H groups in total. The minimum atomic E-state index is -2.08. The SMILES string of the molecule is CC(C)(C)[Si](C)(C)OCC[C@H](NCc1ccccc1)C1C(=O)O[C@H](c2ccccc2)[C@H](c2ccccc2)N1C(=O)OCc1ccccc1. The topological polar surface area (TPSA) is 77.1 Å². The zero-order chi connectivity index (χ0) is 34.1. The van der Waals surface area contributed by atoms with Crippen LogP contribution in [0, 0.1) is 0 Å². The first-order chi connectivity index (χ1) is 23.0. The molecular formula is C40H48N2O5Si. The molecule has 7 nitrogen and oxygen atoms in total. The number of cyclic esters (lactones) is 1. The van der Waals surface area contributed by atoms with E-state index < -0.39 is 44.6 Å². The van der Waals surface area contributed by atoms with Gasteiger partial charge in [0.2, 0.25) is 0 Å². The maximum atomic E-state index is 14.5. The summed E-state index contributed by atoms with van der Waals surface area (Å²) >= 11 is 0. The van der Waals surface area contributed by atoms with Crippen LogP contribution >= 0.6 is 0 Å². The fourth-order valence-electron chi connectivity index (χ4n) is 5.82. The second-order valence-corrected chi connectivity index (χ2v) is 18.7. The fraction of sp³-hybridized carbons (Fsp3) is 0.350. The summed E-state index contributed by atoms with van der Waals surface area (Å²) in [5.41, 5.74) is 3.57. The van der Waals surface area contributed by atoms with Crippen LogP contribution in [0.1, 0.15) is 61.6 Å². The van der Waals surface area contributed by atoms with Gasteiger partial charge in [-0.15, -0.1) is 0 Å². The van der Waals surface area contributed by atoms with Crippen LogP contribution in [0.4, 0.5) is 4.79 Å². The second kappa shape index (κ2) is 15.8. The molecule has 1 amide bonds. The molecule has 8 heteroatoms. The maximum absolute atomic E-state index is 14.5. The molecule has 0 aliphatic carbocycles. The first-order valence-corrected chi connectivity index (χ1v) is 19.7. The number of ether oxygens (including phenoxy) is 2. The van der Waals surface area contributed by atoms with Gasteiger partial charge in [-0.2, -0.15) is 0 Å². The number of nitrogens with one attached hydrogen (secondary N) is 1. The summed E-state index contributed by atoms with van der Waals surface area (Å²) in [7, 11) is -2.08. The van der Waals surface area contributed by atoms with Gasteiger partial charge in [-0.05, 0) is 46.8 Å². The monoisotopic (exact) mass is 664 g/mol. The van der Waals surface area contributed by atoms with E-state index in [1.54, 1.807) is 4.90 Å². The summed E-state index contributed by atoms with van der Waals surface area (Å²) < 4.78 is 19.0. The van der Waals surface area contributed by atoms with Gasteiger partial charge in [0, 0.05) is 19.2 Å². The lowest BCUT2D eigenvalue weighted by Gasteiger charge is -2.47. The second-order valence-electron chi connectivity index (χ2n) is 13.9. The average molecular weight is 665 g/mol. The molecule has 1 fully saturated rings. The smallest absolute Gasteiger partial charge is 0.411 e. The van der Waals surface area contributed by atoms with Crippen molar-refractivity contribution in [1.82, 2.24) is 10.2 Å². The molecule has 0 radical (unpaired) electrons. The number of morpholine rings is 1. The van der Waals surface area contributed by atoms with Gasteiger partial charge in [0.1, 0.15) is 18.7 Å². The maximum Gasteiger partial charge on any atom is 0.411 e. The van der Waals surface area contributed by atoms with Crippen molar-refractivity contribution >= 4 is 20.4 Å². The zero-order valence-electron chi connectivity index (χ0n) is 28.7. The summed E-state index contributed by atoms with van der Waals surface area (Å²) in [6.07, 6.45) is -0.828. The van der Waals surface area contributed by atoms with Gasteiger partial charge < -0.3 is 19.2 Å². The number of amides is 1. The third-order valence-corrected chi connectivity index (χ3v) is 14.1. The number of carbonyl (C=O) groups is 2. The normalized spacial score (nSPS) is 19.0. The Balaban J connectivity index is 1.55. The van der Waals surface area contributed by atoms with Crippen LogP contribution in [0.15, 0.2) is 121 Å². The molecule has 0 bridgehead atoms. The van der Waals surface area contributed by atoms with Crippen molar-refractivity contribution in [2.45, 2.75) is 82.7 Å². The molecule has 4 atom stereocenters. The standard InChI is InChI=1S/C40H48N2O5Si/c1-40(2,3)48(4,5)46-27-26-34(41-28-30-18-10-6-11-19-30)36-38(43)47-37(33-24-16-9-17-25-33)35(32-22-14-8-15-23-32)42(36)39(44)45-29-31-20-12-7-13-21-31/h6-25,34-37,41H,26-29H2,1-5H3/t34-,35-,36?,37+/m0/s1. The Labute approximate surface area is 286 Å². The van der Waals surface area contributed by atoms with Gasteiger partial charge >= 0.3 is 12.1 Å².